The van der Waals surface area contributed by atoms with Crippen molar-refractivity contribution in [1.82, 2.24) is 4.98 Å². The Kier molecular flexibility index (Phi) is 2.63. The van der Waals surface area contributed by atoms with Crippen molar-refractivity contribution in [2.75, 3.05) is 11.4 Å². The van der Waals surface area contributed by atoms with Gasteiger partial charge in [-0.2, -0.15) is 0 Å². The van der Waals surface area contributed by atoms with Crippen LogP contribution in [0.4, 0.5) is 5.69 Å². The van der Waals surface area contributed by atoms with Gasteiger partial charge in [-0.25, -0.2) is 0 Å². The van der Waals surface area contributed by atoms with Crippen LogP contribution >= 0.6 is 0 Å². The van der Waals surface area contributed by atoms with Gasteiger partial charge in [0.05, 0.1) is 5.52 Å². The van der Waals surface area contributed by atoms with E-state index in [0.29, 0.717) is 6.04 Å². The van der Waals surface area contributed by atoms with Gasteiger partial charge in [0.15, 0.2) is 0 Å². The molecule has 1 aromatic heterocycles. The second-order valence-electron chi connectivity index (χ2n) is 4.60. The number of aliphatic carboxylic acids is 1. The maximum atomic E-state index is 11.0. The number of carboxylic acid groups (broad SMARTS) is 1. The summed E-state index contributed by atoms with van der Waals surface area (Å²) in [5.41, 5.74) is 1.89. The first-order chi connectivity index (χ1) is 8.75. The summed E-state index contributed by atoms with van der Waals surface area (Å²) in [5.74, 6) is -0.789. The van der Waals surface area contributed by atoms with Gasteiger partial charge in [-0.1, -0.05) is 18.2 Å². The fourth-order valence-electron chi connectivity index (χ4n) is 2.27. The van der Waals surface area contributed by atoms with Gasteiger partial charge >= 0.3 is 5.97 Å². The van der Waals surface area contributed by atoms with E-state index in [-0.39, 0.29) is 6.54 Å². The highest BCUT2D eigenvalue weighted by Crippen LogP contribution is 2.34. The molecule has 1 aliphatic rings. The van der Waals surface area contributed by atoms with Crippen molar-refractivity contribution < 1.29 is 9.90 Å². The van der Waals surface area contributed by atoms with Crippen molar-refractivity contribution in [2.24, 2.45) is 0 Å². The van der Waals surface area contributed by atoms with Crippen LogP contribution in [0.1, 0.15) is 12.8 Å². The Bertz CT molecular complexity index is 588. The molecule has 0 amide bonds. The number of para-hydroxylation sites is 1. The average molecular weight is 242 g/mol. The molecule has 0 bridgehead atoms. The number of carboxylic acids is 1. The van der Waals surface area contributed by atoms with Crippen LogP contribution in [0.2, 0.25) is 0 Å². The molecule has 4 nitrogen and oxygen atoms in total. The molecule has 0 saturated heterocycles. The van der Waals surface area contributed by atoms with Gasteiger partial charge in [0.2, 0.25) is 0 Å². The van der Waals surface area contributed by atoms with E-state index < -0.39 is 5.97 Å². The van der Waals surface area contributed by atoms with Crippen molar-refractivity contribution in [3.63, 3.8) is 0 Å². The number of rotatable bonds is 4. The summed E-state index contributed by atoms with van der Waals surface area (Å²) in [5, 5.41) is 10.1. The summed E-state index contributed by atoms with van der Waals surface area (Å²) in [6.45, 7) is 0.0542. The van der Waals surface area contributed by atoms with Gasteiger partial charge in [0, 0.05) is 23.3 Å². The monoisotopic (exact) mass is 242 g/mol. The molecule has 0 aliphatic heterocycles. The van der Waals surface area contributed by atoms with Crippen molar-refractivity contribution >= 4 is 22.6 Å². The maximum Gasteiger partial charge on any atom is 0.323 e. The van der Waals surface area contributed by atoms with Gasteiger partial charge in [0.1, 0.15) is 6.54 Å². The van der Waals surface area contributed by atoms with E-state index in [1.807, 2.05) is 35.2 Å². The molecule has 1 heterocycles. The number of benzene rings is 1. The van der Waals surface area contributed by atoms with Crippen LogP contribution in [0.3, 0.4) is 0 Å². The zero-order valence-electron chi connectivity index (χ0n) is 9.91. The van der Waals surface area contributed by atoms with Crippen molar-refractivity contribution in [1.29, 1.82) is 0 Å². The lowest BCUT2D eigenvalue weighted by atomic mass is 10.1. The Morgan fingerprint density at radius 3 is 2.83 bits per heavy atom. The third-order valence-electron chi connectivity index (χ3n) is 3.23. The molecule has 1 aliphatic carbocycles. The number of pyridine rings is 1. The molecule has 1 N–H and O–H groups in total. The minimum Gasteiger partial charge on any atom is -0.480 e. The van der Waals surface area contributed by atoms with Crippen LogP contribution in [0.5, 0.6) is 0 Å². The fraction of sp³-hybridized carbons (Fsp3) is 0.286. The first kappa shape index (κ1) is 11.0. The van der Waals surface area contributed by atoms with Crippen LogP contribution in [0.15, 0.2) is 36.5 Å². The van der Waals surface area contributed by atoms with Crippen LogP contribution in [0, 0.1) is 0 Å². The molecule has 0 atom stereocenters. The largest absolute Gasteiger partial charge is 0.480 e. The van der Waals surface area contributed by atoms with E-state index in [9.17, 15) is 4.79 Å². The maximum absolute atomic E-state index is 11.0. The highest BCUT2D eigenvalue weighted by atomic mass is 16.4. The topological polar surface area (TPSA) is 53.4 Å². The van der Waals surface area contributed by atoms with E-state index in [1.165, 1.54) is 0 Å². The molecular weight excluding hydrogens is 228 g/mol. The lowest BCUT2D eigenvalue weighted by Gasteiger charge is -2.23. The summed E-state index contributed by atoms with van der Waals surface area (Å²) in [6, 6.07) is 10.1. The molecule has 0 radical (unpaired) electrons. The minimum atomic E-state index is -0.789. The predicted molar refractivity (Wildman–Crippen MR) is 69.7 cm³/mol. The van der Waals surface area contributed by atoms with E-state index in [0.717, 1.165) is 29.4 Å². The Balaban J connectivity index is 2.08. The highest BCUT2D eigenvalue weighted by Gasteiger charge is 2.31. The van der Waals surface area contributed by atoms with Crippen LogP contribution in [-0.4, -0.2) is 28.6 Å². The number of carbonyl (C=O) groups is 1. The normalized spacial score (nSPS) is 14.7. The number of nitrogens with zero attached hydrogens (tertiary/aromatic N) is 2. The molecule has 1 saturated carbocycles. The Morgan fingerprint density at radius 2 is 2.11 bits per heavy atom. The Labute approximate surface area is 105 Å². The van der Waals surface area contributed by atoms with Gasteiger partial charge in [-0.15, -0.1) is 0 Å². The quantitative estimate of drug-likeness (QED) is 0.893. The highest BCUT2D eigenvalue weighted by molar-refractivity contribution is 5.93. The van der Waals surface area contributed by atoms with Crippen molar-refractivity contribution in [2.45, 2.75) is 18.9 Å². The second kappa shape index (κ2) is 4.29. The lowest BCUT2D eigenvalue weighted by molar-refractivity contribution is -0.135. The molecule has 3 rings (SSSR count). The minimum absolute atomic E-state index is 0.0542. The third kappa shape index (κ3) is 2.01. The molecule has 2 aromatic rings. The summed E-state index contributed by atoms with van der Waals surface area (Å²) >= 11 is 0. The standard InChI is InChI=1S/C14H14N2O2/c17-14(18)9-16(10-5-6-10)13-7-8-15-12-4-2-1-3-11(12)13/h1-4,7-8,10H,5-6,9H2,(H,17,18). The van der Waals surface area contributed by atoms with E-state index in [4.69, 9.17) is 5.11 Å². The first-order valence-corrected chi connectivity index (χ1v) is 6.08. The van der Waals surface area contributed by atoms with Crippen molar-refractivity contribution in [3.8, 4) is 0 Å². The molecule has 92 valence electrons. The number of fused-ring (bicyclic) bond motifs is 1. The number of hydrogen-bond donors (Lipinski definition) is 1. The molecule has 1 aromatic carbocycles. The number of hydrogen-bond acceptors (Lipinski definition) is 3. The number of anilines is 1. The van der Waals surface area contributed by atoms with E-state index in [1.54, 1.807) is 6.20 Å². The smallest absolute Gasteiger partial charge is 0.323 e. The Morgan fingerprint density at radius 1 is 1.33 bits per heavy atom. The van der Waals surface area contributed by atoms with Gasteiger partial charge in [-0.3, -0.25) is 9.78 Å². The first-order valence-electron chi connectivity index (χ1n) is 6.08. The lowest BCUT2D eigenvalue weighted by Crippen LogP contribution is -2.31. The van der Waals surface area contributed by atoms with Crippen LogP contribution in [0.25, 0.3) is 10.9 Å². The summed E-state index contributed by atoms with van der Waals surface area (Å²) < 4.78 is 0. The average Bonchev–Trinajstić information content (AvgIpc) is 3.19. The predicted octanol–water partition coefficient (Wildman–Crippen LogP) is 2.29. The molecule has 18 heavy (non-hydrogen) atoms. The molecule has 0 spiro atoms. The summed E-state index contributed by atoms with van der Waals surface area (Å²) in [7, 11) is 0. The van der Waals surface area contributed by atoms with Crippen molar-refractivity contribution in [3.05, 3.63) is 36.5 Å². The number of aromatic nitrogens is 1. The van der Waals surface area contributed by atoms with Crippen LogP contribution in [-0.2, 0) is 4.79 Å². The summed E-state index contributed by atoms with van der Waals surface area (Å²) in [6.07, 6.45) is 3.89. The van der Waals surface area contributed by atoms with Crippen LogP contribution < -0.4 is 4.90 Å². The fourth-order valence-corrected chi connectivity index (χ4v) is 2.27. The van der Waals surface area contributed by atoms with E-state index in [2.05, 4.69) is 4.98 Å². The van der Waals surface area contributed by atoms with Gasteiger partial charge < -0.3 is 10.0 Å². The molecule has 1 fully saturated rings. The molecular formula is C14H14N2O2. The molecule has 4 heteroatoms. The summed E-state index contributed by atoms with van der Waals surface area (Å²) in [4.78, 5) is 17.3. The zero-order chi connectivity index (χ0) is 12.5. The molecule has 0 unspecified atom stereocenters. The zero-order valence-corrected chi connectivity index (χ0v) is 9.91. The third-order valence-corrected chi connectivity index (χ3v) is 3.23. The Hall–Kier alpha value is -2.10. The van der Waals surface area contributed by atoms with E-state index >= 15 is 0 Å². The second-order valence-corrected chi connectivity index (χ2v) is 4.60. The van der Waals surface area contributed by atoms with Gasteiger partial charge in [0.25, 0.3) is 0 Å². The van der Waals surface area contributed by atoms with Gasteiger partial charge in [-0.05, 0) is 25.0 Å². The SMILES string of the molecule is O=C(O)CN(c1ccnc2ccccc12)C1CC1.